The molecule has 1 aliphatic heterocycles. The molecule has 1 aliphatic rings. The Kier molecular flexibility index (Phi) is 5.15. The van der Waals surface area contributed by atoms with Crippen molar-refractivity contribution in [2.24, 2.45) is 0 Å². The highest BCUT2D eigenvalue weighted by Crippen LogP contribution is 2.23. The monoisotopic (exact) mass is 407 g/mol. The molecule has 0 saturated carbocycles. The standard InChI is InChI=1S/C22H25N5O3/c1-22(2,3)30-21(29)26-12-6-9-18(26)20(28)25-15-10-11-19(23-13-15)27-14-24-16-7-4-5-8-17(16)27/h4-5,7-8,10-11,13-14,18H,6,9,12H2,1-3H3,(H,25,28). The van der Waals surface area contributed by atoms with E-state index in [0.29, 0.717) is 24.5 Å². The van der Waals surface area contributed by atoms with Gasteiger partial charge in [-0.1, -0.05) is 12.1 Å². The normalized spacial score (nSPS) is 16.6. The van der Waals surface area contributed by atoms with Gasteiger partial charge in [0.2, 0.25) is 5.91 Å². The number of carbonyl (C=O) groups is 2. The second-order valence-electron chi connectivity index (χ2n) is 8.33. The number of carbonyl (C=O) groups excluding carboxylic acids is 2. The molecule has 1 N–H and O–H groups in total. The Morgan fingerprint density at radius 1 is 1.13 bits per heavy atom. The number of anilines is 1. The van der Waals surface area contributed by atoms with Gasteiger partial charge in [-0.05, 0) is 57.9 Å². The number of nitrogens with one attached hydrogen (secondary N) is 1. The highest BCUT2D eigenvalue weighted by Gasteiger charge is 2.36. The van der Waals surface area contributed by atoms with Crippen molar-refractivity contribution in [2.45, 2.75) is 45.3 Å². The third kappa shape index (κ3) is 4.12. The van der Waals surface area contributed by atoms with E-state index in [1.54, 1.807) is 18.6 Å². The number of benzene rings is 1. The first-order valence-electron chi connectivity index (χ1n) is 10.0. The minimum atomic E-state index is -0.599. The molecule has 0 bridgehead atoms. The van der Waals surface area contributed by atoms with Gasteiger partial charge in [-0.3, -0.25) is 14.3 Å². The van der Waals surface area contributed by atoms with Crippen molar-refractivity contribution < 1.29 is 14.3 Å². The Labute approximate surface area is 174 Å². The fourth-order valence-electron chi connectivity index (χ4n) is 3.55. The fourth-order valence-corrected chi connectivity index (χ4v) is 3.55. The molecule has 1 unspecified atom stereocenters. The summed E-state index contributed by atoms with van der Waals surface area (Å²) in [6.07, 6.45) is 4.25. The molecular formula is C22H25N5O3. The summed E-state index contributed by atoms with van der Waals surface area (Å²) >= 11 is 0. The van der Waals surface area contributed by atoms with Crippen LogP contribution in [0.25, 0.3) is 16.9 Å². The van der Waals surface area contributed by atoms with Crippen molar-refractivity contribution in [2.75, 3.05) is 11.9 Å². The second kappa shape index (κ2) is 7.78. The van der Waals surface area contributed by atoms with Gasteiger partial charge in [0.05, 0.1) is 22.9 Å². The van der Waals surface area contributed by atoms with Gasteiger partial charge in [-0.15, -0.1) is 0 Å². The van der Waals surface area contributed by atoms with E-state index in [1.165, 1.54) is 4.90 Å². The summed E-state index contributed by atoms with van der Waals surface area (Å²) in [7, 11) is 0. The predicted octanol–water partition coefficient (Wildman–Crippen LogP) is 3.76. The number of hydrogen-bond donors (Lipinski definition) is 1. The highest BCUT2D eigenvalue weighted by atomic mass is 16.6. The number of imidazole rings is 1. The zero-order valence-corrected chi connectivity index (χ0v) is 17.3. The maximum Gasteiger partial charge on any atom is 0.410 e. The topological polar surface area (TPSA) is 89.4 Å². The van der Waals surface area contributed by atoms with E-state index in [1.807, 2.05) is 55.7 Å². The van der Waals surface area contributed by atoms with Gasteiger partial charge in [0, 0.05) is 6.54 Å². The van der Waals surface area contributed by atoms with E-state index in [4.69, 9.17) is 4.74 Å². The number of ether oxygens (including phenoxy) is 1. The first-order valence-corrected chi connectivity index (χ1v) is 10.0. The molecule has 2 aromatic heterocycles. The van der Waals surface area contributed by atoms with Crippen LogP contribution in [0.5, 0.6) is 0 Å². The van der Waals surface area contributed by atoms with Crippen LogP contribution >= 0.6 is 0 Å². The molecule has 3 aromatic rings. The van der Waals surface area contributed by atoms with Crippen LogP contribution in [0.3, 0.4) is 0 Å². The minimum Gasteiger partial charge on any atom is -0.444 e. The van der Waals surface area contributed by atoms with Crippen LogP contribution in [-0.4, -0.2) is 49.6 Å². The molecule has 1 saturated heterocycles. The van der Waals surface area contributed by atoms with Crippen molar-refractivity contribution in [3.63, 3.8) is 0 Å². The van der Waals surface area contributed by atoms with Crippen LogP contribution in [0, 0.1) is 0 Å². The number of para-hydroxylation sites is 2. The summed E-state index contributed by atoms with van der Waals surface area (Å²) < 4.78 is 7.32. The van der Waals surface area contributed by atoms with Gasteiger partial charge in [-0.2, -0.15) is 0 Å². The maximum absolute atomic E-state index is 12.8. The first kappa shape index (κ1) is 19.9. The number of hydrogen-bond acceptors (Lipinski definition) is 5. The number of pyridine rings is 1. The lowest BCUT2D eigenvalue weighted by atomic mass is 10.2. The molecule has 4 rings (SSSR count). The second-order valence-corrected chi connectivity index (χ2v) is 8.33. The summed E-state index contributed by atoms with van der Waals surface area (Å²) in [5.41, 5.74) is 1.82. The zero-order chi connectivity index (χ0) is 21.3. The Morgan fingerprint density at radius 3 is 2.67 bits per heavy atom. The molecule has 0 spiro atoms. The average molecular weight is 407 g/mol. The predicted molar refractivity (Wildman–Crippen MR) is 113 cm³/mol. The smallest absolute Gasteiger partial charge is 0.410 e. The Morgan fingerprint density at radius 2 is 1.93 bits per heavy atom. The van der Waals surface area contributed by atoms with Gasteiger partial charge in [-0.25, -0.2) is 14.8 Å². The summed E-state index contributed by atoms with van der Waals surface area (Å²) in [5, 5.41) is 2.87. The number of fused-ring (bicyclic) bond motifs is 1. The maximum atomic E-state index is 12.8. The Bertz CT molecular complexity index is 1070. The summed E-state index contributed by atoms with van der Waals surface area (Å²) in [4.78, 5) is 35.5. The van der Waals surface area contributed by atoms with Crippen LogP contribution in [-0.2, 0) is 9.53 Å². The number of aromatic nitrogens is 3. The molecule has 30 heavy (non-hydrogen) atoms. The third-order valence-corrected chi connectivity index (χ3v) is 4.90. The summed E-state index contributed by atoms with van der Waals surface area (Å²) in [6, 6.07) is 10.9. The van der Waals surface area contributed by atoms with E-state index in [9.17, 15) is 9.59 Å². The lowest BCUT2D eigenvalue weighted by Gasteiger charge is -2.28. The SMILES string of the molecule is CC(C)(C)OC(=O)N1CCCC1C(=O)Nc1ccc(-n2cnc3ccccc32)nc1. The average Bonchev–Trinajstić information content (AvgIpc) is 3.35. The van der Waals surface area contributed by atoms with Crippen molar-refractivity contribution >= 4 is 28.7 Å². The first-order chi connectivity index (χ1) is 14.3. The minimum absolute atomic E-state index is 0.235. The van der Waals surface area contributed by atoms with E-state index < -0.39 is 17.7 Å². The van der Waals surface area contributed by atoms with Gasteiger partial charge >= 0.3 is 6.09 Å². The van der Waals surface area contributed by atoms with Gasteiger partial charge in [0.25, 0.3) is 0 Å². The van der Waals surface area contributed by atoms with E-state index in [-0.39, 0.29) is 5.91 Å². The van der Waals surface area contributed by atoms with Crippen LogP contribution in [0.1, 0.15) is 33.6 Å². The van der Waals surface area contributed by atoms with Gasteiger partial charge in [0.1, 0.15) is 23.8 Å². The number of rotatable bonds is 3. The molecule has 8 heteroatoms. The molecule has 8 nitrogen and oxygen atoms in total. The molecule has 0 radical (unpaired) electrons. The van der Waals surface area contributed by atoms with Crippen LogP contribution in [0.4, 0.5) is 10.5 Å². The van der Waals surface area contributed by atoms with E-state index in [2.05, 4.69) is 15.3 Å². The van der Waals surface area contributed by atoms with Gasteiger partial charge < -0.3 is 10.1 Å². The molecule has 3 heterocycles. The van der Waals surface area contributed by atoms with E-state index >= 15 is 0 Å². The summed E-state index contributed by atoms with van der Waals surface area (Å²) in [6.45, 7) is 5.95. The van der Waals surface area contributed by atoms with E-state index in [0.717, 1.165) is 17.5 Å². The van der Waals surface area contributed by atoms with Crippen molar-refractivity contribution in [1.82, 2.24) is 19.4 Å². The van der Waals surface area contributed by atoms with Crippen LogP contribution in [0.15, 0.2) is 48.9 Å². The molecule has 1 aromatic carbocycles. The van der Waals surface area contributed by atoms with Gasteiger partial charge in [0.15, 0.2) is 0 Å². The molecule has 1 fully saturated rings. The lowest BCUT2D eigenvalue weighted by Crippen LogP contribution is -2.45. The fraction of sp³-hybridized carbons (Fsp3) is 0.364. The van der Waals surface area contributed by atoms with Crippen molar-refractivity contribution in [3.8, 4) is 5.82 Å². The molecular weight excluding hydrogens is 382 g/mol. The van der Waals surface area contributed by atoms with Crippen LogP contribution < -0.4 is 5.32 Å². The zero-order valence-electron chi connectivity index (χ0n) is 17.3. The highest BCUT2D eigenvalue weighted by molar-refractivity contribution is 5.96. The number of likely N-dealkylation sites (tertiary alicyclic amines) is 1. The van der Waals surface area contributed by atoms with Crippen LogP contribution in [0.2, 0.25) is 0 Å². The summed E-state index contributed by atoms with van der Waals surface area (Å²) in [5.74, 6) is 0.471. The molecule has 156 valence electrons. The largest absolute Gasteiger partial charge is 0.444 e. The third-order valence-electron chi connectivity index (χ3n) is 4.90. The number of amides is 2. The number of nitrogens with zero attached hydrogens (tertiary/aromatic N) is 4. The molecule has 1 atom stereocenters. The van der Waals surface area contributed by atoms with Crippen molar-refractivity contribution in [1.29, 1.82) is 0 Å². The molecule has 0 aliphatic carbocycles. The lowest BCUT2D eigenvalue weighted by molar-refractivity contribution is -0.120. The Balaban J connectivity index is 1.45. The Hall–Kier alpha value is -3.42. The quantitative estimate of drug-likeness (QED) is 0.714. The van der Waals surface area contributed by atoms with Crippen molar-refractivity contribution in [3.05, 3.63) is 48.9 Å². The molecule has 2 amide bonds.